The van der Waals surface area contributed by atoms with E-state index in [2.05, 4.69) is 18.6 Å². The maximum atomic E-state index is 10.2. The van der Waals surface area contributed by atoms with E-state index in [4.69, 9.17) is 20.4 Å². The van der Waals surface area contributed by atoms with Crippen LogP contribution in [0.3, 0.4) is 0 Å². The van der Waals surface area contributed by atoms with Crippen molar-refractivity contribution in [3.8, 4) is 0 Å². The summed E-state index contributed by atoms with van der Waals surface area (Å²) >= 11 is 0. The van der Waals surface area contributed by atoms with Gasteiger partial charge in [0.05, 0.1) is 26.4 Å². The van der Waals surface area contributed by atoms with Gasteiger partial charge in [0, 0.05) is 12.8 Å². The minimum absolute atomic E-state index is 0.0278. The minimum Gasteiger partial charge on any atom is -0.481 e. The third kappa shape index (κ3) is 50.6. The number of rotatable bonds is 24. The molecular weight excluding hydrogens is 448 g/mol. The summed E-state index contributed by atoms with van der Waals surface area (Å²) in [5.74, 6) is -1.32. The van der Waals surface area contributed by atoms with Crippen molar-refractivity contribution < 1.29 is 34.8 Å². The third-order valence-corrected chi connectivity index (χ3v) is 5.46. The molecule has 0 saturated carbocycles. The van der Waals surface area contributed by atoms with Crippen molar-refractivity contribution in [2.24, 2.45) is 0 Å². The van der Waals surface area contributed by atoms with Crippen molar-refractivity contribution >= 4 is 11.9 Å². The van der Waals surface area contributed by atoms with E-state index in [1.165, 1.54) is 89.9 Å². The molecule has 0 radical (unpaired) electrons. The van der Waals surface area contributed by atoms with Crippen LogP contribution < -0.4 is 0 Å². The Bertz CT molecular complexity index is 367. The van der Waals surface area contributed by atoms with Crippen LogP contribution in [0.1, 0.15) is 142 Å². The molecule has 35 heavy (non-hydrogen) atoms. The Labute approximate surface area is 215 Å². The zero-order valence-electron chi connectivity index (χ0n) is 23.0. The molecule has 4 N–H and O–H groups in total. The molecule has 0 aliphatic carbocycles. The third-order valence-electron chi connectivity index (χ3n) is 5.46. The van der Waals surface area contributed by atoms with Crippen LogP contribution in [0.4, 0.5) is 0 Å². The molecule has 7 heteroatoms. The van der Waals surface area contributed by atoms with Crippen molar-refractivity contribution in [3.05, 3.63) is 0 Å². The smallest absolute Gasteiger partial charge is 0.303 e. The average Bonchev–Trinajstić information content (AvgIpc) is 2.83. The van der Waals surface area contributed by atoms with Crippen LogP contribution in [-0.4, -0.2) is 58.8 Å². The summed E-state index contributed by atoms with van der Waals surface area (Å²) in [5.41, 5.74) is 0. The average molecular weight is 507 g/mol. The Morgan fingerprint density at radius 1 is 0.486 bits per heavy atom. The van der Waals surface area contributed by atoms with E-state index in [-0.39, 0.29) is 13.2 Å². The predicted molar refractivity (Wildman–Crippen MR) is 144 cm³/mol. The largest absolute Gasteiger partial charge is 0.481 e. The van der Waals surface area contributed by atoms with E-state index in [0.29, 0.717) is 26.1 Å². The number of carboxylic acids is 2. The molecule has 0 amide bonds. The number of hydrogen-bond acceptors (Lipinski definition) is 5. The SMILES string of the molecule is CCCCCCCCCCCC(=O)O.CCCCCCCCCCCC(=O)O.OCCOCCO. The Morgan fingerprint density at radius 2 is 0.743 bits per heavy atom. The Kier molecular flexibility index (Phi) is 40.9. The Balaban J connectivity index is -0.000000465. The van der Waals surface area contributed by atoms with E-state index in [1.54, 1.807) is 0 Å². The number of carbonyl (C=O) groups is 2. The molecule has 0 atom stereocenters. The van der Waals surface area contributed by atoms with Gasteiger partial charge in [-0.1, -0.05) is 117 Å². The molecular formula is C28H58O7. The van der Waals surface area contributed by atoms with Gasteiger partial charge < -0.3 is 25.2 Å². The first-order valence-electron chi connectivity index (χ1n) is 14.2. The first kappa shape index (κ1) is 38.4. The summed E-state index contributed by atoms with van der Waals surface area (Å²) in [5, 5.41) is 33.0. The number of hydrogen-bond donors (Lipinski definition) is 4. The van der Waals surface area contributed by atoms with Crippen LogP contribution in [0.5, 0.6) is 0 Å². The lowest BCUT2D eigenvalue weighted by Crippen LogP contribution is -2.03. The molecule has 0 bridgehead atoms. The van der Waals surface area contributed by atoms with E-state index < -0.39 is 11.9 Å². The summed E-state index contributed by atoms with van der Waals surface area (Å²) in [7, 11) is 0. The fourth-order valence-electron chi connectivity index (χ4n) is 3.40. The van der Waals surface area contributed by atoms with Crippen molar-refractivity contribution in [1.82, 2.24) is 0 Å². The molecule has 0 aliphatic rings. The molecule has 212 valence electrons. The molecule has 0 fully saturated rings. The van der Waals surface area contributed by atoms with Gasteiger partial charge in [-0.3, -0.25) is 9.59 Å². The standard InChI is InChI=1S/2C12H24O2.C4H10O3/c2*1-2-3-4-5-6-7-8-9-10-11-12(13)14;5-1-3-7-4-2-6/h2*2-11H2,1H3,(H,13,14);5-6H,1-4H2. The normalized spacial score (nSPS) is 10.2. The number of aliphatic carboxylic acids is 2. The summed E-state index contributed by atoms with van der Waals surface area (Å²) in [6, 6.07) is 0. The summed E-state index contributed by atoms with van der Waals surface area (Å²) in [6.07, 6.45) is 23.0. The lowest BCUT2D eigenvalue weighted by Gasteiger charge is -2.00. The van der Waals surface area contributed by atoms with Crippen molar-refractivity contribution in [1.29, 1.82) is 0 Å². The fourth-order valence-corrected chi connectivity index (χ4v) is 3.40. The number of unbranched alkanes of at least 4 members (excludes halogenated alkanes) is 16. The van der Waals surface area contributed by atoms with Crippen molar-refractivity contribution in [2.45, 2.75) is 142 Å². The molecule has 0 heterocycles. The topological polar surface area (TPSA) is 124 Å². The first-order valence-corrected chi connectivity index (χ1v) is 14.2. The number of aliphatic hydroxyl groups is 2. The molecule has 0 aromatic rings. The van der Waals surface area contributed by atoms with Crippen LogP contribution in [0, 0.1) is 0 Å². The number of ether oxygens (including phenoxy) is 1. The molecule has 7 nitrogen and oxygen atoms in total. The highest BCUT2D eigenvalue weighted by molar-refractivity contribution is 5.66. The zero-order valence-corrected chi connectivity index (χ0v) is 23.0. The van der Waals surface area contributed by atoms with Gasteiger partial charge in [-0.15, -0.1) is 0 Å². The Hall–Kier alpha value is -1.18. The van der Waals surface area contributed by atoms with E-state index in [9.17, 15) is 9.59 Å². The molecule has 0 aromatic carbocycles. The van der Waals surface area contributed by atoms with Crippen molar-refractivity contribution in [2.75, 3.05) is 26.4 Å². The highest BCUT2D eigenvalue weighted by Crippen LogP contribution is 2.11. The van der Waals surface area contributed by atoms with Crippen LogP contribution in [0.25, 0.3) is 0 Å². The quantitative estimate of drug-likeness (QED) is 0.104. The van der Waals surface area contributed by atoms with Crippen LogP contribution in [-0.2, 0) is 14.3 Å². The van der Waals surface area contributed by atoms with E-state index >= 15 is 0 Å². The second-order valence-corrected chi connectivity index (χ2v) is 9.00. The van der Waals surface area contributed by atoms with Gasteiger partial charge in [0.1, 0.15) is 0 Å². The maximum absolute atomic E-state index is 10.2. The molecule has 0 spiro atoms. The highest BCUT2D eigenvalue weighted by Gasteiger charge is 1.97. The second-order valence-electron chi connectivity index (χ2n) is 9.00. The lowest BCUT2D eigenvalue weighted by molar-refractivity contribution is -0.138. The van der Waals surface area contributed by atoms with E-state index in [1.807, 2.05) is 0 Å². The van der Waals surface area contributed by atoms with Gasteiger partial charge in [-0.2, -0.15) is 0 Å². The monoisotopic (exact) mass is 506 g/mol. The molecule has 0 aliphatic heterocycles. The maximum Gasteiger partial charge on any atom is 0.303 e. The summed E-state index contributed by atoms with van der Waals surface area (Å²) in [4.78, 5) is 20.4. The number of aliphatic hydroxyl groups excluding tert-OH is 2. The summed E-state index contributed by atoms with van der Waals surface area (Å²) < 4.78 is 4.63. The van der Waals surface area contributed by atoms with Crippen LogP contribution >= 0.6 is 0 Å². The van der Waals surface area contributed by atoms with Gasteiger partial charge in [0.15, 0.2) is 0 Å². The summed E-state index contributed by atoms with van der Waals surface area (Å²) in [6.45, 7) is 5.15. The molecule has 0 rings (SSSR count). The lowest BCUT2D eigenvalue weighted by atomic mass is 10.1. The number of carboxylic acid groups (broad SMARTS) is 2. The first-order chi connectivity index (χ1) is 17.0. The molecule has 0 unspecified atom stereocenters. The highest BCUT2D eigenvalue weighted by atomic mass is 16.5. The second kappa shape index (κ2) is 37.4. The predicted octanol–water partition coefficient (Wildman–Crippen LogP) is 6.97. The zero-order chi connectivity index (χ0) is 26.8. The van der Waals surface area contributed by atoms with E-state index in [0.717, 1.165) is 25.7 Å². The molecule has 0 saturated heterocycles. The van der Waals surface area contributed by atoms with Gasteiger partial charge in [0.2, 0.25) is 0 Å². The van der Waals surface area contributed by atoms with Gasteiger partial charge >= 0.3 is 11.9 Å². The van der Waals surface area contributed by atoms with Gasteiger partial charge in [-0.25, -0.2) is 0 Å². The van der Waals surface area contributed by atoms with Crippen LogP contribution in [0.15, 0.2) is 0 Å². The van der Waals surface area contributed by atoms with Crippen molar-refractivity contribution in [3.63, 3.8) is 0 Å². The minimum atomic E-state index is -0.659. The van der Waals surface area contributed by atoms with Crippen LogP contribution in [0.2, 0.25) is 0 Å². The van der Waals surface area contributed by atoms with Gasteiger partial charge in [-0.05, 0) is 12.8 Å². The molecule has 0 aromatic heterocycles. The Morgan fingerprint density at radius 3 is 0.971 bits per heavy atom. The van der Waals surface area contributed by atoms with Gasteiger partial charge in [0.25, 0.3) is 0 Å². The fraction of sp³-hybridized carbons (Fsp3) is 0.929.